The van der Waals surface area contributed by atoms with Crippen molar-refractivity contribution in [3.05, 3.63) is 0 Å². The van der Waals surface area contributed by atoms with E-state index in [0.717, 1.165) is 32.1 Å². The van der Waals surface area contributed by atoms with Crippen molar-refractivity contribution in [2.75, 3.05) is 0 Å². The van der Waals surface area contributed by atoms with Crippen LogP contribution in [-0.4, -0.2) is 34.2 Å². The molecule has 0 heterocycles. The van der Waals surface area contributed by atoms with Crippen LogP contribution in [0.15, 0.2) is 0 Å². The Hall–Kier alpha value is -0.450. The third-order valence-electron chi connectivity index (χ3n) is 8.02. The number of carbonyl (C=O) groups excluding carboxylic acids is 1. The van der Waals surface area contributed by atoms with Gasteiger partial charge in [0.05, 0.1) is 12.1 Å². The number of Topliss-reactive ketones (excluding diaryl/α,β-unsaturated/α-hetero) is 1. The summed E-state index contributed by atoms with van der Waals surface area (Å²) >= 11 is 0. The van der Waals surface area contributed by atoms with E-state index >= 15 is 0 Å². The minimum Gasteiger partial charge on any atom is -0.391 e. The van der Waals surface area contributed by atoms with Crippen LogP contribution in [0.2, 0.25) is 0 Å². The molecule has 0 saturated heterocycles. The second kappa shape index (κ2) is 28.6. The summed E-state index contributed by atoms with van der Waals surface area (Å²) in [5, 5.41) is 20.6. The number of aliphatic hydroxyl groups is 2. The molecule has 3 atom stereocenters. The minimum atomic E-state index is -1.23. The highest BCUT2D eigenvalue weighted by Crippen LogP contribution is 2.16. The lowest BCUT2D eigenvalue weighted by molar-refractivity contribution is -0.129. The van der Waals surface area contributed by atoms with Crippen molar-refractivity contribution in [2.24, 2.45) is 5.73 Å². The Morgan fingerprint density at radius 3 is 1.16 bits per heavy atom. The molecule has 0 rings (SSSR count). The van der Waals surface area contributed by atoms with Crippen molar-refractivity contribution in [2.45, 2.75) is 205 Å². The maximum Gasteiger partial charge on any atom is 0.162 e. The van der Waals surface area contributed by atoms with Gasteiger partial charge in [-0.1, -0.05) is 168 Å². The Bertz CT molecular complexity index is 470. The van der Waals surface area contributed by atoms with Crippen molar-refractivity contribution in [1.82, 2.24) is 0 Å². The van der Waals surface area contributed by atoms with Gasteiger partial charge >= 0.3 is 0 Å². The Morgan fingerprint density at radius 1 is 0.514 bits per heavy atom. The van der Waals surface area contributed by atoms with Crippen LogP contribution in [0, 0.1) is 0 Å². The monoisotopic (exact) mass is 526 g/mol. The van der Waals surface area contributed by atoms with Crippen molar-refractivity contribution < 1.29 is 15.0 Å². The first kappa shape index (κ1) is 36.5. The zero-order chi connectivity index (χ0) is 27.4. The fourth-order valence-corrected chi connectivity index (χ4v) is 5.28. The molecule has 0 spiro atoms. The molecule has 0 aromatic carbocycles. The summed E-state index contributed by atoms with van der Waals surface area (Å²) in [6, 6.07) is -0.859. The number of hydrogen-bond donors (Lipinski definition) is 3. The number of ketones is 1. The lowest BCUT2D eigenvalue weighted by Gasteiger charge is -2.23. The zero-order valence-electron chi connectivity index (χ0n) is 25.2. The van der Waals surface area contributed by atoms with E-state index in [0.29, 0.717) is 12.8 Å². The van der Waals surface area contributed by atoms with Gasteiger partial charge in [-0.2, -0.15) is 0 Å². The topological polar surface area (TPSA) is 83.5 Å². The first-order valence-electron chi connectivity index (χ1n) is 16.7. The van der Waals surface area contributed by atoms with Gasteiger partial charge in [-0.25, -0.2) is 0 Å². The average molecular weight is 526 g/mol. The summed E-state index contributed by atoms with van der Waals surface area (Å²) in [4.78, 5) is 12.3. The normalized spacial score (nSPS) is 14.1. The number of unbranched alkanes of at least 4 members (excludes halogenated alkanes) is 23. The van der Waals surface area contributed by atoms with Gasteiger partial charge < -0.3 is 15.9 Å². The molecule has 0 fully saturated rings. The van der Waals surface area contributed by atoms with Crippen LogP contribution in [0.1, 0.15) is 187 Å². The van der Waals surface area contributed by atoms with E-state index < -0.39 is 18.2 Å². The molecule has 0 aromatic rings. The fourth-order valence-electron chi connectivity index (χ4n) is 5.28. The van der Waals surface area contributed by atoms with Crippen LogP contribution >= 0.6 is 0 Å². The van der Waals surface area contributed by atoms with Crippen LogP contribution in [0.5, 0.6) is 0 Å². The van der Waals surface area contributed by atoms with Gasteiger partial charge in [-0.3, -0.25) is 4.79 Å². The van der Waals surface area contributed by atoms with Gasteiger partial charge in [-0.15, -0.1) is 0 Å². The van der Waals surface area contributed by atoms with E-state index in [1.165, 1.54) is 128 Å². The Labute approximate surface area is 232 Å². The quantitative estimate of drug-likeness (QED) is 0.0816. The van der Waals surface area contributed by atoms with E-state index in [9.17, 15) is 15.0 Å². The van der Waals surface area contributed by atoms with Crippen LogP contribution in [-0.2, 0) is 4.79 Å². The van der Waals surface area contributed by atoms with E-state index in [-0.39, 0.29) is 5.78 Å². The van der Waals surface area contributed by atoms with Gasteiger partial charge in [0.15, 0.2) is 5.78 Å². The summed E-state index contributed by atoms with van der Waals surface area (Å²) in [6.07, 6.45) is 30.7. The highest BCUT2D eigenvalue weighted by Gasteiger charge is 2.27. The molecule has 4 N–H and O–H groups in total. The summed E-state index contributed by atoms with van der Waals surface area (Å²) in [5.41, 5.74) is 6.02. The third kappa shape index (κ3) is 24.3. The summed E-state index contributed by atoms with van der Waals surface area (Å²) in [7, 11) is 0. The standard InChI is InChI=1S/C33H67NO3/c1-3-5-7-9-11-13-15-16-17-19-21-23-25-27-29-31(36)33(37)32(34)30(35)28-26-24-22-20-18-14-12-10-8-6-4-2/h30,32-33,35,37H,3-29,34H2,1-2H3. The minimum absolute atomic E-state index is 0.204. The predicted octanol–water partition coefficient (Wildman–Crippen LogP) is 9.18. The third-order valence-corrected chi connectivity index (χ3v) is 8.02. The second-order valence-electron chi connectivity index (χ2n) is 11.7. The fraction of sp³-hybridized carbons (Fsp3) is 0.970. The van der Waals surface area contributed by atoms with Crippen LogP contribution in [0.4, 0.5) is 0 Å². The predicted molar refractivity (Wildman–Crippen MR) is 161 cm³/mol. The van der Waals surface area contributed by atoms with Gasteiger partial charge in [0.25, 0.3) is 0 Å². The lowest BCUT2D eigenvalue weighted by atomic mass is 9.95. The summed E-state index contributed by atoms with van der Waals surface area (Å²) < 4.78 is 0. The molecule has 37 heavy (non-hydrogen) atoms. The highest BCUT2D eigenvalue weighted by atomic mass is 16.3. The van der Waals surface area contributed by atoms with Crippen molar-refractivity contribution in [3.8, 4) is 0 Å². The second-order valence-corrected chi connectivity index (χ2v) is 11.7. The summed E-state index contributed by atoms with van der Waals surface area (Å²) in [5.74, 6) is -0.204. The van der Waals surface area contributed by atoms with Crippen molar-refractivity contribution in [3.63, 3.8) is 0 Å². The smallest absolute Gasteiger partial charge is 0.162 e. The molecule has 0 saturated carbocycles. The molecule has 0 aliphatic carbocycles. The van der Waals surface area contributed by atoms with Gasteiger partial charge in [0.1, 0.15) is 6.10 Å². The summed E-state index contributed by atoms with van der Waals surface area (Å²) in [6.45, 7) is 4.52. The van der Waals surface area contributed by atoms with Crippen molar-refractivity contribution in [1.29, 1.82) is 0 Å². The number of rotatable bonds is 30. The van der Waals surface area contributed by atoms with E-state index in [1.54, 1.807) is 0 Å². The SMILES string of the molecule is CCCCCCCCCCCCCCCCC(=O)C(O)C(N)C(O)CCCCCCCCCCCCC. The molecule has 0 aromatic heterocycles. The molecular formula is C33H67NO3. The molecule has 4 nitrogen and oxygen atoms in total. The van der Waals surface area contributed by atoms with Gasteiger partial charge in [0, 0.05) is 6.42 Å². The molecule has 4 heteroatoms. The maximum absolute atomic E-state index is 12.3. The highest BCUT2D eigenvalue weighted by molar-refractivity contribution is 5.83. The lowest BCUT2D eigenvalue weighted by Crippen LogP contribution is -2.48. The van der Waals surface area contributed by atoms with Crippen LogP contribution in [0.25, 0.3) is 0 Å². The van der Waals surface area contributed by atoms with E-state index in [2.05, 4.69) is 13.8 Å². The van der Waals surface area contributed by atoms with Crippen molar-refractivity contribution >= 4 is 5.78 Å². The first-order valence-corrected chi connectivity index (χ1v) is 16.7. The molecule has 222 valence electrons. The molecule has 0 aliphatic heterocycles. The molecule has 0 bridgehead atoms. The van der Waals surface area contributed by atoms with E-state index in [4.69, 9.17) is 5.73 Å². The molecule has 0 aliphatic rings. The van der Waals surface area contributed by atoms with Crippen LogP contribution in [0.3, 0.4) is 0 Å². The van der Waals surface area contributed by atoms with Gasteiger partial charge in [-0.05, 0) is 12.8 Å². The number of carbonyl (C=O) groups is 1. The molecule has 3 unspecified atom stereocenters. The zero-order valence-corrected chi connectivity index (χ0v) is 25.2. The Morgan fingerprint density at radius 2 is 0.811 bits per heavy atom. The first-order chi connectivity index (χ1) is 18.0. The number of hydrogen-bond acceptors (Lipinski definition) is 4. The van der Waals surface area contributed by atoms with Crippen LogP contribution < -0.4 is 5.73 Å². The molecule has 0 radical (unpaired) electrons. The largest absolute Gasteiger partial charge is 0.391 e. The Kier molecular flexibility index (Phi) is 28.2. The number of nitrogens with two attached hydrogens (primary N) is 1. The molecular weight excluding hydrogens is 458 g/mol. The van der Waals surface area contributed by atoms with E-state index in [1.807, 2.05) is 0 Å². The molecule has 0 amide bonds. The van der Waals surface area contributed by atoms with Gasteiger partial charge in [0.2, 0.25) is 0 Å². The maximum atomic E-state index is 12.3. The number of aliphatic hydroxyl groups excluding tert-OH is 2. The Balaban J connectivity index is 3.57. The average Bonchev–Trinajstić information content (AvgIpc) is 2.90.